The van der Waals surface area contributed by atoms with Crippen LogP contribution in [-0.2, 0) is 4.79 Å². The normalized spacial score (nSPS) is 21.4. The highest BCUT2D eigenvalue weighted by Gasteiger charge is 2.34. The number of urea groups is 1. The van der Waals surface area contributed by atoms with Crippen LogP contribution in [0.1, 0.15) is 26.2 Å². The summed E-state index contributed by atoms with van der Waals surface area (Å²) < 4.78 is 0. The van der Waals surface area contributed by atoms with Crippen molar-refractivity contribution in [3.8, 4) is 0 Å². The molecule has 0 radical (unpaired) electrons. The van der Waals surface area contributed by atoms with Crippen LogP contribution in [0.3, 0.4) is 0 Å². The third-order valence-corrected chi connectivity index (χ3v) is 4.22. The summed E-state index contributed by atoms with van der Waals surface area (Å²) in [5, 5.41) is 14.6. The van der Waals surface area contributed by atoms with Gasteiger partial charge in [0.15, 0.2) is 0 Å². The van der Waals surface area contributed by atoms with E-state index in [4.69, 9.17) is 5.11 Å². The predicted octanol–water partition coefficient (Wildman–Crippen LogP) is 0.976. The van der Waals surface area contributed by atoms with Gasteiger partial charge in [0.2, 0.25) is 0 Å². The fourth-order valence-electron chi connectivity index (χ4n) is 2.33. The lowest BCUT2D eigenvalue weighted by Crippen LogP contribution is -2.56. The second-order valence-electron chi connectivity index (χ2n) is 5.03. The number of carboxylic acids is 1. The number of aliphatic carboxylic acids is 1. The van der Waals surface area contributed by atoms with Crippen molar-refractivity contribution >= 4 is 23.8 Å². The van der Waals surface area contributed by atoms with E-state index in [-0.39, 0.29) is 24.7 Å². The van der Waals surface area contributed by atoms with Crippen molar-refractivity contribution in [2.45, 2.75) is 38.3 Å². The largest absolute Gasteiger partial charge is 0.480 e. The monoisotopic (exact) mass is 303 g/mol. The van der Waals surface area contributed by atoms with Gasteiger partial charge in [0.05, 0.1) is 6.54 Å². The molecule has 0 aliphatic heterocycles. The zero-order valence-corrected chi connectivity index (χ0v) is 13.0. The van der Waals surface area contributed by atoms with Gasteiger partial charge >= 0.3 is 12.0 Å². The number of carbonyl (C=O) groups is 2. The summed E-state index contributed by atoms with van der Waals surface area (Å²) in [5.41, 5.74) is 0. The molecule has 20 heavy (non-hydrogen) atoms. The molecule has 1 saturated carbocycles. The number of amides is 2. The fraction of sp³-hybridized carbons (Fsp3) is 0.846. The van der Waals surface area contributed by atoms with Crippen LogP contribution < -0.4 is 10.6 Å². The van der Waals surface area contributed by atoms with Crippen LogP contribution in [0.5, 0.6) is 0 Å². The number of nitrogens with one attached hydrogen (secondary N) is 2. The Hall–Kier alpha value is -0.950. The van der Waals surface area contributed by atoms with Gasteiger partial charge in [-0.1, -0.05) is 6.92 Å². The Morgan fingerprint density at radius 2 is 2.10 bits per heavy atom. The second-order valence-corrected chi connectivity index (χ2v) is 6.01. The quantitative estimate of drug-likeness (QED) is 0.553. The van der Waals surface area contributed by atoms with Crippen molar-refractivity contribution < 1.29 is 14.7 Å². The summed E-state index contributed by atoms with van der Waals surface area (Å²) in [6, 6.07) is 0.331. The molecule has 7 heteroatoms. The van der Waals surface area contributed by atoms with Crippen molar-refractivity contribution in [2.75, 3.05) is 31.6 Å². The first-order valence-electron chi connectivity index (χ1n) is 7.06. The summed E-state index contributed by atoms with van der Waals surface area (Å²) in [7, 11) is 0. The number of carbonyl (C=O) groups excluding carboxylic acids is 1. The van der Waals surface area contributed by atoms with Gasteiger partial charge < -0.3 is 15.7 Å². The number of nitrogens with zero attached hydrogens (tertiary/aromatic N) is 1. The molecular formula is C13H25N3O3S. The van der Waals surface area contributed by atoms with Gasteiger partial charge in [-0.15, -0.1) is 0 Å². The van der Waals surface area contributed by atoms with Gasteiger partial charge in [-0.3, -0.25) is 9.69 Å². The van der Waals surface area contributed by atoms with Gasteiger partial charge in [-0.05, 0) is 37.8 Å². The summed E-state index contributed by atoms with van der Waals surface area (Å²) in [6.45, 7) is 3.46. The molecule has 0 aromatic heterocycles. The van der Waals surface area contributed by atoms with Crippen LogP contribution in [0.15, 0.2) is 0 Å². The van der Waals surface area contributed by atoms with Crippen molar-refractivity contribution in [3.63, 3.8) is 0 Å². The topological polar surface area (TPSA) is 81.7 Å². The summed E-state index contributed by atoms with van der Waals surface area (Å²) in [5.74, 6) is 0.252. The standard InChI is InChI=1S/C13H25N3O3S/c1-3-16(9-12(17)18)11-7-10(8-11)15-13(19)14-5-4-6-20-2/h10-11H,3-9H2,1-2H3,(H,17,18)(H2,14,15,19). The van der Waals surface area contributed by atoms with Crippen LogP contribution in [0.25, 0.3) is 0 Å². The van der Waals surface area contributed by atoms with Crippen molar-refractivity contribution in [2.24, 2.45) is 0 Å². The minimum Gasteiger partial charge on any atom is -0.480 e. The molecule has 1 aliphatic carbocycles. The molecule has 3 N–H and O–H groups in total. The molecule has 0 atom stereocenters. The SMILES string of the molecule is CCN(CC(=O)O)C1CC(NC(=O)NCCCSC)C1. The first kappa shape index (κ1) is 17.1. The Labute approximate surface area is 124 Å². The third kappa shape index (κ3) is 6.00. The number of hydrogen-bond donors (Lipinski definition) is 3. The molecule has 2 amide bonds. The Morgan fingerprint density at radius 3 is 2.65 bits per heavy atom. The molecule has 0 heterocycles. The number of rotatable bonds is 9. The lowest BCUT2D eigenvalue weighted by atomic mass is 9.85. The molecule has 0 spiro atoms. The smallest absolute Gasteiger partial charge is 0.317 e. The first-order valence-corrected chi connectivity index (χ1v) is 8.45. The molecule has 6 nitrogen and oxygen atoms in total. The maximum Gasteiger partial charge on any atom is 0.317 e. The first-order chi connectivity index (χ1) is 9.56. The zero-order chi connectivity index (χ0) is 15.0. The molecule has 1 rings (SSSR count). The number of thioether (sulfide) groups is 1. The van der Waals surface area contributed by atoms with E-state index in [1.807, 2.05) is 18.1 Å². The van der Waals surface area contributed by atoms with Crippen molar-refractivity contribution in [1.29, 1.82) is 0 Å². The highest BCUT2D eigenvalue weighted by molar-refractivity contribution is 7.98. The number of carboxylic acid groups (broad SMARTS) is 1. The molecule has 1 fully saturated rings. The van der Waals surface area contributed by atoms with E-state index in [0.717, 1.165) is 31.6 Å². The van der Waals surface area contributed by atoms with E-state index in [2.05, 4.69) is 10.6 Å². The zero-order valence-electron chi connectivity index (χ0n) is 12.2. The molecular weight excluding hydrogens is 278 g/mol. The summed E-state index contributed by atoms with van der Waals surface area (Å²) >= 11 is 1.77. The maximum atomic E-state index is 11.6. The van der Waals surface area contributed by atoms with Crippen molar-refractivity contribution in [3.05, 3.63) is 0 Å². The van der Waals surface area contributed by atoms with E-state index < -0.39 is 5.97 Å². The fourth-order valence-corrected chi connectivity index (χ4v) is 2.76. The maximum absolute atomic E-state index is 11.6. The third-order valence-electron chi connectivity index (χ3n) is 3.52. The van der Waals surface area contributed by atoms with E-state index in [1.54, 1.807) is 11.8 Å². The Kier molecular flexibility index (Phi) is 7.76. The summed E-state index contributed by atoms with van der Waals surface area (Å²) in [6.07, 6.45) is 4.69. The molecule has 0 saturated heterocycles. The van der Waals surface area contributed by atoms with Gasteiger partial charge in [0, 0.05) is 18.6 Å². The van der Waals surface area contributed by atoms with E-state index in [9.17, 15) is 9.59 Å². The lowest BCUT2D eigenvalue weighted by Gasteiger charge is -2.42. The lowest BCUT2D eigenvalue weighted by molar-refractivity contribution is -0.139. The molecule has 0 aromatic carbocycles. The Balaban J connectivity index is 2.14. The Bertz CT molecular complexity index is 322. The van der Waals surface area contributed by atoms with Crippen LogP contribution in [0, 0.1) is 0 Å². The van der Waals surface area contributed by atoms with E-state index >= 15 is 0 Å². The molecule has 0 aromatic rings. The Morgan fingerprint density at radius 1 is 1.40 bits per heavy atom. The van der Waals surface area contributed by atoms with Crippen molar-refractivity contribution in [1.82, 2.24) is 15.5 Å². The van der Waals surface area contributed by atoms with Crippen LogP contribution in [0.2, 0.25) is 0 Å². The predicted molar refractivity (Wildman–Crippen MR) is 81.2 cm³/mol. The highest BCUT2D eigenvalue weighted by Crippen LogP contribution is 2.25. The average Bonchev–Trinajstić information content (AvgIpc) is 2.36. The molecule has 0 unspecified atom stereocenters. The molecule has 0 bridgehead atoms. The minimum atomic E-state index is -0.796. The molecule has 1 aliphatic rings. The number of likely N-dealkylation sites (N-methyl/N-ethyl adjacent to an activating group) is 1. The highest BCUT2D eigenvalue weighted by atomic mass is 32.2. The van der Waals surface area contributed by atoms with Gasteiger partial charge in [0.25, 0.3) is 0 Å². The van der Waals surface area contributed by atoms with E-state index in [0.29, 0.717) is 6.54 Å². The van der Waals surface area contributed by atoms with Gasteiger partial charge in [-0.2, -0.15) is 11.8 Å². The van der Waals surface area contributed by atoms with Gasteiger partial charge in [0.1, 0.15) is 0 Å². The van der Waals surface area contributed by atoms with Crippen LogP contribution in [-0.4, -0.2) is 65.7 Å². The molecule has 116 valence electrons. The van der Waals surface area contributed by atoms with Gasteiger partial charge in [-0.25, -0.2) is 4.79 Å². The van der Waals surface area contributed by atoms with Crippen LogP contribution >= 0.6 is 11.8 Å². The minimum absolute atomic E-state index is 0.0781. The number of hydrogen-bond acceptors (Lipinski definition) is 4. The van der Waals surface area contributed by atoms with E-state index in [1.165, 1.54) is 0 Å². The summed E-state index contributed by atoms with van der Waals surface area (Å²) in [4.78, 5) is 24.3. The van der Waals surface area contributed by atoms with Crippen LogP contribution in [0.4, 0.5) is 4.79 Å². The average molecular weight is 303 g/mol. The second kappa shape index (κ2) is 9.07.